The zero-order valence-corrected chi connectivity index (χ0v) is 18.1. The van der Waals surface area contributed by atoms with E-state index in [0.29, 0.717) is 21.3 Å². The molecule has 26 heavy (non-hydrogen) atoms. The van der Waals surface area contributed by atoms with E-state index in [1.807, 2.05) is 18.2 Å². The van der Waals surface area contributed by atoms with Crippen molar-refractivity contribution in [2.45, 2.75) is 6.92 Å². The summed E-state index contributed by atoms with van der Waals surface area (Å²) >= 11 is 14.8. The second-order valence-corrected chi connectivity index (χ2v) is 8.23. The SMILES string of the molecule is CCN1CCN(c2ccc(NC(=O)c3cc(I)ccc3Cl)cc2Cl)CC1. The molecule has 1 fully saturated rings. The number of piperazine rings is 1. The number of hydrogen-bond acceptors (Lipinski definition) is 3. The summed E-state index contributed by atoms with van der Waals surface area (Å²) in [5.74, 6) is -0.242. The summed E-state index contributed by atoms with van der Waals surface area (Å²) in [5.41, 5.74) is 2.12. The first-order valence-electron chi connectivity index (χ1n) is 8.51. The highest BCUT2D eigenvalue weighted by molar-refractivity contribution is 14.1. The van der Waals surface area contributed by atoms with Crippen LogP contribution in [0.4, 0.5) is 11.4 Å². The second-order valence-electron chi connectivity index (χ2n) is 6.17. The summed E-state index contributed by atoms with van der Waals surface area (Å²) in [4.78, 5) is 17.2. The fraction of sp³-hybridized carbons (Fsp3) is 0.316. The molecule has 0 aliphatic carbocycles. The Labute approximate surface area is 177 Å². The van der Waals surface area contributed by atoms with Crippen LogP contribution in [0.5, 0.6) is 0 Å². The second kappa shape index (κ2) is 8.78. The highest BCUT2D eigenvalue weighted by Gasteiger charge is 2.18. The Morgan fingerprint density at radius 3 is 2.46 bits per heavy atom. The lowest BCUT2D eigenvalue weighted by atomic mass is 10.2. The molecule has 138 valence electrons. The number of nitrogens with one attached hydrogen (secondary N) is 1. The van der Waals surface area contributed by atoms with Gasteiger partial charge in [-0.25, -0.2) is 0 Å². The minimum atomic E-state index is -0.242. The van der Waals surface area contributed by atoms with Crippen molar-refractivity contribution in [1.82, 2.24) is 4.90 Å². The van der Waals surface area contributed by atoms with E-state index in [2.05, 4.69) is 44.6 Å². The topological polar surface area (TPSA) is 35.6 Å². The van der Waals surface area contributed by atoms with Crippen LogP contribution in [0.15, 0.2) is 36.4 Å². The van der Waals surface area contributed by atoms with Crippen molar-refractivity contribution in [2.24, 2.45) is 0 Å². The molecule has 2 aromatic rings. The fourth-order valence-corrected chi connectivity index (χ4v) is 4.01. The van der Waals surface area contributed by atoms with Crippen LogP contribution in [0.25, 0.3) is 0 Å². The van der Waals surface area contributed by atoms with E-state index in [1.54, 1.807) is 18.2 Å². The van der Waals surface area contributed by atoms with Gasteiger partial charge in [-0.1, -0.05) is 30.1 Å². The lowest BCUT2D eigenvalue weighted by Crippen LogP contribution is -2.46. The lowest BCUT2D eigenvalue weighted by Gasteiger charge is -2.36. The van der Waals surface area contributed by atoms with Crippen LogP contribution in [0, 0.1) is 3.57 Å². The molecule has 1 saturated heterocycles. The van der Waals surface area contributed by atoms with Gasteiger partial charge in [0, 0.05) is 35.4 Å². The Kier molecular flexibility index (Phi) is 6.66. The van der Waals surface area contributed by atoms with Crippen molar-refractivity contribution in [3.05, 3.63) is 55.6 Å². The molecule has 4 nitrogen and oxygen atoms in total. The number of carbonyl (C=O) groups excluding carboxylic acids is 1. The molecule has 0 atom stereocenters. The van der Waals surface area contributed by atoms with Crippen LogP contribution in [-0.2, 0) is 0 Å². The van der Waals surface area contributed by atoms with Gasteiger partial charge in [0.1, 0.15) is 0 Å². The number of benzene rings is 2. The number of carbonyl (C=O) groups is 1. The van der Waals surface area contributed by atoms with Gasteiger partial charge >= 0.3 is 0 Å². The molecule has 1 aliphatic rings. The van der Waals surface area contributed by atoms with Crippen molar-refractivity contribution in [3.8, 4) is 0 Å². The maximum atomic E-state index is 12.5. The first-order valence-corrected chi connectivity index (χ1v) is 10.3. The minimum Gasteiger partial charge on any atom is -0.368 e. The molecule has 1 aliphatic heterocycles. The molecule has 2 aromatic carbocycles. The number of hydrogen-bond donors (Lipinski definition) is 1. The van der Waals surface area contributed by atoms with E-state index in [0.717, 1.165) is 42.0 Å². The lowest BCUT2D eigenvalue weighted by molar-refractivity contribution is 0.102. The van der Waals surface area contributed by atoms with Gasteiger partial charge in [0.15, 0.2) is 0 Å². The monoisotopic (exact) mass is 503 g/mol. The third kappa shape index (κ3) is 4.63. The van der Waals surface area contributed by atoms with Crippen LogP contribution in [0.3, 0.4) is 0 Å². The smallest absolute Gasteiger partial charge is 0.257 e. The van der Waals surface area contributed by atoms with E-state index in [1.165, 1.54) is 0 Å². The summed E-state index contributed by atoms with van der Waals surface area (Å²) in [5, 5.41) is 3.95. The van der Waals surface area contributed by atoms with Crippen molar-refractivity contribution in [2.75, 3.05) is 42.9 Å². The molecule has 1 heterocycles. The first-order chi connectivity index (χ1) is 12.5. The predicted molar refractivity (Wildman–Crippen MR) is 118 cm³/mol. The number of amides is 1. The van der Waals surface area contributed by atoms with E-state index in [-0.39, 0.29) is 5.91 Å². The molecule has 0 unspecified atom stereocenters. The predicted octanol–water partition coefficient (Wildman–Crippen LogP) is 4.99. The molecule has 0 spiro atoms. The third-order valence-corrected chi connectivity index (χ3v) is 5.84. The number of likely N-dealkylation sites (N-methyl/N-ethyl adjacent to an activating group) is 1. The molecular formula is C19H20Cl2IN3O. The Morgan fingerprint density at radius 2 is 1.81 bits per heavy atom. The number of nitrogens with zero attached hydrogens (tertiary/aromatic N) is 2. The van der Waals surface area contributed by atoms with Crippen LogP contribution in [-0.4, -0.2) is 43.5 Å². The maximum absolute atomic E-state index is 12.5. The maximum Gasteiger partial charge on any atom is 0.257 e. The van der Waals surface area contributed by atoms with Gasteiger partial charge in [-0.2, -0.15) is 0 Å². The van der Waals surface area contributed by atoms with Crippen LogP contribution >= 0.6 is 45.8 Å². The summed E-state index contributed by atoms with van der Waals surface area (Å²) in [6, 6.07) is 11.0. The van der Waals surface area contributed by atoms with Gasteiger partial charge in [0.05, 0.1) is 21.3 Å². The fourth-order valence-electron chi connectivity index (χ4n) is 3.02. The van der Waals surface area contributed by atoms with Gasteiger partial charge < -0.3 is 15.1 Å². The largest absolute Gasteiger partial charge is 0.368 e. The van der Waals surface area contributed by atoms with Crippen molar-refractivity contribution in [3.63, 3.8) is 0 Å². The number of rotatable bonds is 4. The zero-order chi connectivity index (χ0) is 18.7. The highest BCUT2D eigenvalue weighted by atomic mass is 127. The summed E-state index contributed by atoms with van der Waals surface area (Å²) < 4.78 is 0.955. The van der Waals surface area contributed by atoms with E-state index < -0.39 is 0 Å². The van der Waals surface area contributed by atoms with Gasteiger partial charge in [0.25, 0.3) is 5.91 Å². The summed E-state index contributed by atoms with van der Waals surface area (Å²) in [6.07, 6.45) is 0. The molecule has 1 N–H and O–H groups in total. The van der Waals surface area contributed by atoms with Crippen molar-refractivity contribution in [1.29, 1.82) is 0 Å². The van der Waals surface area contributed by atoms with Crippen LogP contribution in [0.1, 0.15) is 17.3 Å². The minimum absolute atomic E-state index is 0.242. The van der Waals surface area contributed by atoms with Gasteiger partial charge in [-0.05, 0) is 65.5 Å². The highest BCUT2D eigenvalue weighted by Crippen LogP contribution is 2.30. The standard InChI is InChI=1S/C19H20Cl2IN3O/c1-2-24-7-9-25(10-8-24)18-6-4-14(12-17(18)21)23-19(26)15-11-13(22)3-5-16(15)20/h3-6,11-12H,2,7-10H2,1H3,(H,23,26). The van der Waals surface area contributed by atoms with Crippen LogP contribution in [0.2, 0.25) is 10.0 Å². The van der Waals surface area contributed by atoms with Crippen molar-refractivity contribution < 1.29 is 4.79 Å². The normalized spacial score (nSPS) is 15.2. The third-order valence-electron chi connectivity index (χ3n) is 4.54. The Bertz CT molecular complexity index is 807. The van der Waals surface area contributed by atoms with Crippen LogP contribution < -0.4 is 10.2 Å². The van der Waals surface area contributed by atoms with Gasteiger partial charge in [-0.15, -0.1) is 0 Å². The summed E-state index contributed by atoms with van der Waals surface area (Å²) in [7, 11) is 0. The molecular weight excluding hydrogens is 484 g/mol. The quantitative estimate of drug-likeness (QED) is 0.597. The first kappa shape index (κ1) is 19.7. The average molecular weight is 504 g/mol. The molecule has 0 saturated carbocycles. The Morgan fingerprint density at radius 1 is 1.08 bits per heavy atom. The molecule has 7 heteroatoms. The molecule has 1 amide bonds. The zero-order valence-electron chi connectivity index (χ0n) is 14.4. The van der Waals surface area contributed by atoms with E-state index in [9.17, 15) is 4.79 Å². The number of anilines is 2. The van der Waals surface area contributed by atoms with Gasteiger partial charge in [0.2, 0.25) is 0 Å². The average Bonchev–Trinajstić information content (AvgIpc) is 2.64. The van der Waals surface area contributed by atoms with E-state index in [4.69, 9.17) is 23.2 Å². The molecule has 3 rings (SSSR count). The molecule has 0 aromatic heterocycles. The number of halogens is 3. The van der Waals surface area contributed by atoms with E-state index >= 15 is 0 Å². The Balaban J connectivity index is 1.71. The molecule has 0 bridgehead atoms. The van der Waals surface area contributed by atoms with Crippen molar-refractivity contribution >= 4 is 63.1 Å². The Hall–Kier alpha value is -1.02. The summed E-state index contributed by atoms with van der Waals surface area (Å²) in [6.45, 7) is 7.25. The molecule has 0 radical (unpaired) electrons. The van der Waals surface area contributed by atoms with Gasteiger partial charge in [-0.3, -0.25) is 4.79 Å².